The van der Waals surface area contributed by atoms with Gasteiger partial charge in [-0.15, -0.1) is 0 Å². The van der Waals surface area contributed by atoms with E-state index in [0.29, 0.717) is 18.6 Å². The Morgan fingerprint density at radius 3 is 2.34 bits per heavy atom. The van der Waals surface area contributed by atoms with E-state index in [9.17, 15) is 4.79 Å². The van der Waals surface area contributed by atoms with Crippen molar-refractivity contribution in [3.05, 3.63) is 114 Å². The minimum absolute atomic E-state index is 0.164. The number of aryl methyl sites for hydroxylation is 1. The van der Waals surface area contributed by atoms with Crippen LogP contribution in [0, 0.1) is 0 Å². The molecule has 2 heteroatoms. The molecule has 4 aromatic rings. The lowest BCUT2D eigenvalue weighted by Gasteiger charge is -2.09. The molecule has 0 radical (unpaired) electrons. The van der Waals surface area contributed by atoms with Crippen LogP contribution in [0.3, 0.4) is 0 Å². The monoisotopic (exact) mass is 380 g/mol. The molecule has 0 aliphatic heterocycles. The van der Waals surface area contributed by atoms with Crippen molar-refractivity contribution in [1.82, 2.24) is 0 Å². The normalized spacial score (nSPS) is 10.8. The zero-order valence-corrected chi connectivity index (χ0v) is 16.4. The van der Waals surface area contributed by atoms with E-state index in [0.717, 1.165) is 24.2 Å². The number of hydrogen-bond donors (Lipinski definition) is 0. The van der Waals surface area contributed by atoms with E-state index in [1.807, 2.05) is 54.6 Å². The van der Waals surface area contributed by atoms with Gasteiger partial charge in [-0.2, -0.15) is 0 Å². The minimum Gasteiger partial charge on any atom is -0.489 e. The summed E-state index contributed by atoms with van der Waals surface area (Å²) in [5.41, 5.74) is 3.10. The second-order valence-corrected chi connectivity index (χ2v) is 7.26. The van der Waals surface area contributed by atoms with E-state index in [-0.39, 0.29) is 5.78 Å². The maximum absolute atomic E-state index is 12.6. The number of rotatable bonds is 8. The Morgan fingerprint density at radius 2 is 1.48 bits per heavy atom. The Labute approximate surface area is 171 Å². The predicted octanol–water partition coefficient (Wildman–Crippen LogP) is 6.62. The topological polar surface area (TPSA) is 26.3 Å². The van der Waals surface area contributed by atoms with Crippen molar-refractivity contribution in [3.63, 3.8) is 0 Å². The van der Waals surface area contributed by atoms with Gasteiger partial charge in [0.25, 0.3) is 0 Å². The third kappa shape index (κ3) is 5.11. The van der Waals surface area contributed by atoms with Crippen LogP contribution in [0.2, 0.25) is 0 Å². The molecule has 0 saturated carbocycles. The highest BCUT2D eigenvalue weighted by molar-refractivity contribution is 5.96. The van der Waals surface area contributed by atoms with E-state index in [4.69, 9.17) is 4.74 Å². The molecule has 0 saturated heterocycles. The molecule has 2 nitrogen and oxygen atoms in total. The summed E-state index contributed by atoms with van der Waals surface area (Å²) in [4.78, 5) is 12.6. The van der Waals surface area contributed by atoms with Gasteiger partial charge in [0.2, 0.25) is 0 Å². The van der Waals surface area contributed by atoms with E-state index in [1.54, 1.807) is 0 Å². The highest BCUT2D eigenvalue weighted by atomic mass is 16.5. The largest absolute Gasteiger partial charge is 0.489 e. The second-order valence-electron chi connectivity index (χ2n) is 7.26. The van der Waals surface area contributed by atoms with Crippen LogP contribution in [0.15, 0.2) is 97.1 Å². The molecule has 0 aliphatic rings. The van der Waals surface area contributed by atoms with Crippen molar-refractivity contribution >= 4 is 16.6 Å². The Bertz CT molecular complexity index is 1100. The van der Waals surface area contributed by atoms with Crippen molar-refractivity contribution in [2.24, 2.45) is 0 Å². The number of fused-ring (bicyclic) bond motifs is 1. The number of carbonyl (C=O) groups excluding carboxylic acids is 1. The third-order valence-corrected chi connectivity index (χ3v) is 5.09. The van der Waals surface area contributed by atoms with E-state index in [1.165, 1.54) is 16.3 Å². The number of ether oxygens (including phenoxy) is 1. The number of benzene rings is 4. The molecule has 0 spiro atoms. The fourth-order valence-electron chi connectivity index (χ4n) is 3.50. The summed E-state index contributed by atoms with van der Waals surface area (Å²) in [6.07, 6.45) is 2.32. The Balaban J connectivity index is 1.34. The average molecular weight is 380 g/mol. The third-order valence-electron chi connectivity index (χ3n) is 5.09. The summed E-state index contributed by atoms with van der Waals surface area (Å²) in [6, 6.07) is 32.4. The molecule has 0 bridgehead atoms. The molecule has 0 aromatic heterocycles. The lowest BCUT2D eigenvalue weighted by Crippen LogP contribution is -2.01. The van der Waals surface area contributed by atoms with Crippen molar-refractivity contribution < 1.29 is 9.53 Å². The highest BCUT2D eigenvalue weighted by Crippen LogP contribution is 2.20. The molecule has 0 aliphatic carbocycles. The molecule has 0 amide bonds. The molecule has 4 rings (SSSR count). The summed E-state index contributed by atoms with van der Waals surface area (Å²) in [5.74, 6) is 0.893. The van der Waals surface area contributed by atoms with Gasteiger partial charge in [-0.05, 0) is 52.9 Å². The van der Waals surface area contributed by atoms with Crippen LogP contribution in [-0.4, -0.2) is 5.78 Å². The molecule has 0 N–H and O–H groups in total. The molecule has 0 atom stereocenters. The van der Waals surface area contributed by atoms with Crippen LogP contribution in [0.1, 0.15) is 34.3 Å². The van der Waals surface area contributed by atoms with Gasteiger partial charge in [-0.3, -0.25) is 4.79 Å². The zero-order chi connectivity index (χ0) is 19.9. The fraction of sp³-hybridized carbons (Fsp3) is 0.148. The first-order valence-electron chi connectivity index (χ1n) is 10.1. The van der Waals surface area contributed by atoms with E-state index in [2.05, 4.69) is 42.5 Å². The Morgan fingerprint density at radius 1 is 0.690 bits per heavy atom. The quantitative estimate of drug-likeness (QED) is 0.321. The summed E-state index contributed by atoms with van der Waals surface area (Å²) < 4.78 is 5.95. The minimum atomic E-state index is 0.164. The molecule has 0 unspecified atom stereocenters. The maximum Gasteiger partial charge on any atom is 0.163 e. The Kier molecular flexibility index (Phi) is 6.01. The summed E-state index contributed by atoms with van der Waals surface area (Å²) in [6.45, 7) is 0.483. The molecule has 4 aromatic carbocycles. The van der Waals surface area contributed by atoms with Crippen LogP contribution in [0.25, 0.3) is 10.8 Å². The van der Waals surface area contributed by atoms with Crippen LogP contribution in [-0.2, 0) is 13.0 Å². The second kappa shape index (κ2) is 9.20. The first-order valence-corrected chi connectivity index (χ1v) is 10.1. The van der Waals surface area contributed by atoms with Crippen LogP contribution in [0.5, 0.6) is 5.75 Å². The zero-order valence-electron chi connectivity index (χ0n) is 16.4. The molecular weight excluding hydrogens is 356 g/mol. The van der Waals surface area contributed by atoms with E-state index < -0.39 is 0 Å². The molecule has 0 fully saturated rings. The predicted molar refractivity (Wildman–Crippen MR) is 118 cm³/mol. The number of Topliss-reactive ketones (excluding diaryl/α,β-unsaturated/α-hetero) is 1. The van der Waals surface area contributed by atoms with Gasteiger partial charge in [0, 0.05) is 12.0 Å². The van der Waals surface area contributed by atoms with Gasteiger partial charge in [0.05, 0.1) is 0 Å². The molecule has 29 heavy (non-hydrogen) atoms. The lowest BCUT2D eigenvalue weighted by molar-refractivity contribution is 0.0979. The first kappa shape index (κ1) is 18.9. The smallest absolute Gasteiger partial charge is 0.163 e. The molecule has 0 heterocycles. The summed E-state index contributed by atoms with van der Waals surface area (Å²) in [7, 11) is 0. The average Bonchev–Trinajstić information content (AvgIpc) is 2.78. The van der Waals surface area contributed by atoms with Gasteiger partial charge >= 0.3 is 0 Å². The van der Waals surface area contributed by atoms with Crippen LogP contribution in [0.4, 0.5) is 0 Å². The highest BCUT2D eigenvalue weighted by Gasteiger charge is 2.08. The van der Waals surface area contributed by atoms with Gasteiger partial charge in [0.15, 0.2) is 5.78 Å². The van der Waals surface area contributed by atoms with Crippen LogP contribution < -0.4 is 4.74 Å². The van der Waals surface area contributed by atoms with Crippen LogP contribution >= 0.6 is 0 Å². The number of carbonyl (C=O) groups is 1. The lowest BCUT2D eigenvalue weighted by atomic mass is 10.0. The molecule has 144 valence electrons. The van der Waals surface area contributed by atoms with Gasteiger partial charge < -0.3 is 4.74 Å². The van der Waals surface area contributed by atoms with Gasteiger partial charge in [-0.25, -0.2) is 0 Å². The van der Waals surface area contributed by atoms with Crippen molar-refractivity contribution in [1.29, 1.82) is 0 Å². The van der Waals surface area contributed by atoms with Crippen molar-refractivity contribution in [2.45, 2.75) is 25.9 Å². The van der Waals surface area contributed by atoms with Gasteiger partial charge in [0.1, 0.15) is 12.4 Å². The summed E-state index contributed by atoms with van der Waals surface area (Å²) >= 11 is 0. The number of hydrogen-bond acceptors (Lipinski definition) is 2. The van der Waals surface area contributed by atoms with Crippen molar-refractivity contribution in [3.8, 4) is 5.75 Å². The number of ketones is 1. The van der Waals surface area contributed by atoms with Crippen molar-refractivity contribution in [2.75, 3.05) is 0 Å². The van der Waals surface area contributed by atoms with Gasteiger partial charge in [-0.1, -0.05) is 78.9 Å². The standard InChI is InChI=1S/C27H24O2/c28-27(15-6-10-21-8-2-1-3-9-21)25-13-7-14-26(19-25)29-20-22-16-17-23-11-4-5-12-24(23)18-22/h1-5,7-9,11-14,16-19H,6,10,15,20H2. The fourth-order valence-corrected chi connectivity index (χ4v) is 3.50. The summed E-state index contributed by atoms with van der Waals surface area (Å²) in [5, 5.41) is 2.43. The maximum atomic E-state index is 12.6. The SMILES string of the molecule is O=C(CCCc1ccccc1)c1cccc(OCc2ccc3ccccc3c2)c1. The van der Waals surface area contributed by atoms with E-state index >= 15 is 0 Å². The first-order chi connectivity index (χ1) is 14.3. The molecular formula is C27H24O2. The Hall–Kier alpha value is -3.39.